The van der Waals surface area contributed by atoms with Gasteiger partial charge in [0.2, 0.25) is 6.29 Å². The van der Waals surface area contributed by atoms with E-state index in [2.05, 4.69) is 30.2 Å². The Bertz CT molecular complexity index is 851. The lowest BCUT2D eigenvalue weighted by Gasteiger charge is -2.33. The smallest absolute Gasteiger partial charge is 0.202 e. The highest BCUT2D eigenvalue weighted by Gasteiger charge is 2.29. The first kappa shape index (κ1) is 23.1. The Hall–Kier alpha value is -2.54. The summed E-state index contributed by atoms with van der Waals surface area (Å²) in [6.45, 7) is 2.15. The standard InChI is InChI=1S/C25H33NO5/c1-18(13-19-7-9-22(29-3)10-8-19)17-26(2)20-5-4-6-23(14-20)30-25-16-21(28)15-24(31-25)11-12-27/h4-10,14,17,21,24-25,27-28H,11-13,15-16H2,1-3H3/b18-17+/t21-,24?,25?/m0/s1. The van der Waals surface area contributed by atoms with Gasteiger partial charge in [0.1, 0.15) is 11.5 Å². The molecule has 31 heavy (non-hydrogen) atoms. The molecule has 0 amide bonds. The first-order chi connectivity index (χ1) is 15.0. The van der Waals surface area contributed by atoms with E-state index in [0.29, 0.717) is 25.0 Å². The third kappa shape index (κ3) is 6.99. The number of methoxy groups -OCH3 is 1. The molecule has 0 aromatic heterocycles. The van der Waals surface area contributed by atoms with Crippen LogP contribution in [0.1, 0.15) is 31.7 Å². The summed E-state index contributed by atoms with van der Waals surface area (Å²) in [4.78, 5) is 2.07. The molecule has 168 valence electrons. The number of hydrogen-bond acceptors (Lipinski definition) is 6. The molecule has 0 saturated carbocycles. The van der Waals surface area contributed by atoms with Crippen molar-refractivity contribution >= 4 is 5.69 Å². The highest BCUT2D eigenvalue weighted by Crippen LogP contribution is 2.27. The fourth-order valence-electron chi connectivity index (χ4n) is 3.80. The van der Waals surface area contributed by atoms with Crippen molar-refractivity contribution in [3.8, 4) is 11.5 Å². The molecule has 2 aromatic carbocycles. The van der Waals surface area contributed by atoms with Crippen molar-refractivity contribution in [3.05, 3.63) is 65.9 Å². The van der Waals surface area contributed by atoms with E-state index >= 15 is 0 Å². The van der Waals surface area contributed by atoms with Crippen LogP contribution in [0.3, 0.4) is 0 Å². The fourth-order valence-corrected chi connectivity index (χ4v) is 3.80. The summed E-state index contributed by atoms with van der Waals surface area (Å²) in [5.41, 5.74) is 3.45. The van der Waals surface area contributed by atoms with E-state index in [4.69, 9.17) is 19.3 Å². The number of anilines is 1. The Kier molecular flexibility index (Phi) is 8.35. The molecule has 1 saturated heterocycles. The van der Waals surface area contributed by atoms with Crippen LogP contribution < -0.4 is 14.4 Å². The fraction of sp³-hybridized carbons (Fsp3) is 0.440. The van der Waals surface area contributed by atoms with Gasteiger partial charge in [0.05, 0.1) is 19.3 Å². The molecule has 1 aliphatic rings. The van der Waals surface area contributed by atoms with Crippen LogP contribution in [0.5, 0.6) is 11.5 Å². The maximum absolute atomic E-state index is 10.1. The maximum Gasteiger partial charge on any atom is 0.202 e. The third-order valence-electron chi connectivity index (χ3n) is 5.34. The molecule has 2 aromatic rings. The van der Waals surface area contributed by atoms with Gasteiger partial charge in [-0.15, -0.1) is 0 Å². The minimum atomic E-state index is -0.520. The number of aliphatic hydroxyl groups excluding tert-OH is 2. The quantitative estimate of drug-likeness (QED) is 0.632. The van der Waals surface area contributed by atoms with Crippen molar-refractivity contribution in [2.45, 2.75) is 51.1 Å². The number of allylic oxidation sites excluding steroid dienone is 1. The highest BCUT2D eigenvalue weighted by molar-refractivity contribution is 5.52. The average molecular weight is 428 g/mol. The van der Waals surface area contributed by atoms with Gasteiger partial charge in [0.15, 0.2) is 0 Å². The number of ether oxygens (including phenoxy) is 3. The molecule has 3 atom stereocenters. The Morgan fingerprint density at radius 3 is 2.65 bits per heavy atom. The second-order valence-electron chi connectivity index (χ2n) is 8.05. The first-order valence-electron chi connectivity index (χ1n) is 10.7. The van der Waals surface area contributed by atoms with Crippen LogP contribution in [0.4, 0.5) is 5.69 Å². The predicted molar refractivity (Wildman–Crippen MR) is 122 cm³/mol. The van der Waals surface area contributed by atoms with E-state index < -0.39 is 12.4 Å². The van der Waals surface area contributed by atoms with Crippen LogP contribution in [-0.2, 0) is 11.2 Å². The van der Waals surface area contributed by atoms with Gasteiger partial charge in [0.25, 0.3) is 0 Å². The first-order valence-corrected chi connectivity index (χ1v) is 10.7. The van der Waals surface area contributed by atoms with Crippen molar-refractivity contribution in [2.24, 2.45) is 0 Å². The van der Waals surface area contributed by atoms with Crippen molar-refractivity contribution in [2.75, 3.05) is 25.7 Å². The van der Waals surface area contributed by atoms with Crippen molar-refractivity contribution in [3.63, 3.8) is 0 Å². The van der Waals surface area contributed by atoms with Crippen LogP contribution >= 0.6 is 0 Å². The zero-order chi connectivity index (χ0) is 22.2. The average Bonchev–Trinajstić information content (AvgIpc) is 2.74. The molecule has 0 aliphatic carbocycles. The molecule has 3 rings (SSSR count). The Labute approximate surface area is 184 Å². The Balaban J connectivity index is 1.62. The number of aliphatic hydroxyl groups is 2. The topological polar surface area (TPSA) is 71.4 Å². The molecule has 6 nitrogen and oxygen atoms in total. The summed E-state index contributed by atoms with van der Waals surface area (Å²) in [6, 6.07) is 15.9. The number of benzene rings is 2. The molecule has 6 heteroatoms. The zero-order valence-electron chi connectivity index (χ0n) is 18.5. The van der Waals surface area contributed by atoms with Crippen LogP contribution in [0.2, 0.25) is 0 Å². The van der Waals surface area contributed by atoms with E-state index in [-0.39, 0.29) is 12.7 Å². The Morgan fingerprint density at radius 2 is 1.94 bits per heavy atom. The lowest BCUT2D eigenvalue weighted by Crippen LogP contribution is -2.39. The minimum absolute atomic E-state index is 0.0343. The second-order valence-corrected chi connectivity index (χ2v) is 8.05. The normalized spacial score (nSPS) is 21.6. The monoisotopic (exact) mass is 427 g/mol. The van der Waals surface area contributed by atoms with Gasteiger partial charge in [0, 0.05) is 38.0 Å². The van der Waals surface area contributed by atoms with E-state index in [9.17, 15) is 5.11 Å². The van der Waals surface area contributed by atoms with Gasteiger partial charge in [-0.2, -0.15) is 0 Å². The van der Waals surface area contributed by atoms with Crippen LogP contribution in [0, 0.1) is 0 Å². The lowest BCUT2D eigenvalue weighted by atomic mass is 10.0. The highest BCUT2D eigenvalue weighted by atomic mass is 16.7. The summed E-state index contributed by atoms with van der Waals surface area (Å²) >= 11 is 0. The van der Waals surface area contributed by atoms with Gasteiger partial charge in [-0.25, -0.2) is 0 Å². The lowest BCUT2D eigenvalue weighted by molar-refractivity contribution is -0.178. The zero-order valence-corrected chi connectivity index (χ0v) is 18.5. The number of rotatable bonds is 9. The van der Waals surface area contributed by atoms with E-state index in [1.165, 1.54) is 11.1 Å². The third-order valence-corrected chi connectivity index (χ3v) is 5.34. The molecule has 2 N–H and O–H groups in total. The van der Waals surface area contributed by atoms with Crippen molar-refractivity contribution < 1.29 is 24.4 Å². The van der Waals surface area contributed by atoms with Gasteiger partial charge in [-0.05, 0) is 56.0 Å². The van der Waals surface area contributed by atoms with Crippen LogP contribution in [-0.4, -0.2) is 49.5 Å². The predicted octanol–water partition coefficient (Wildman–Crippen LogP) is 3.91. The van der Waals surface area contributed by atoms with Crippen molar-refractivity contribution in [1.82, 2.24) is 0 Å². The summed E-state index contributed by atoms with van der Waals surface area (Å²) < 4.78 is 17.1. The van der Waals surface area contributed by atoms with Gasteiger partial charge < -0.3 is 29.3 Å². The van der Waals surface area contributed by atoms with E-state index in [1.807, 2.05) is 43.4 Å². The Morgan fingerprint density at radius 1 is 1.16 bits per heavy atom. The maximum atomic E-state index is 10.1. The number of hydrogen-bond donors (Lipinski definition) is 2. The molecule has 0 spiro atoms. The molecular weight excluding hydrogens is 394 g/mol. The molecule has 2 unspecified atom stereocenters. The molecule has 1 aliphatic heterocycles. The summed E-state index contributed by atoms with van der Waals surface area (Å²) in [5.74, 6) is 1.55. The summed E-state index contributed by atoms with van der Waals surface area (Å²) in [5, 5.41) is 19.2. The molecule has 1 fully saturated rings. The minimum Gasteiger partial charge on any atom is -0.497 e. The second kappa shape index (κ2) is 11.2. The SMILES string of the molecule is COc1ccc(C/C(C)=C/N(C)c2cccc(OC3C[C@@H](O)CC(CCO)O3)c2)cc1. The van der Waals surface area contributed by atoms with E-state index in [0.717, 1.165) is 17.9 Å². The summed E-state index contributed by atoms with van der Waals surface area (Å²) in [7, 11) is 3.68. The van der Waals surface area contributed by atoms with Crippen LogP contribution in [0.25, 0.3) is 0 Å². The van der Waals surface area contributed by atoms with E-state index in [1.54, 1.807) is 7.11 Å². The van der Waals surface area contributed by atoms with Gasteiger partial charge >= 0.3 is 0 Å². The van der Waals surface area contributed by atoms with Gasteiger partial charge in [-0.1, -0.05) is 23.8 Å². The van der Waals surface area contributed by atoms with Crippen molar-refractivity contribution in [1.29, 1.82) is 0 Å². The molecule has 0 radical (unpaired) electrons. The molecule has 0 bridgehead atoms. The van der Waals surface area contributed by atoms with Crippen LogP contribution in [0.15, 0.2) is 60.3 Å². The summed E-state index contributed by atoms with van der Waals surface area (Å²) in [6.07, 6.45) is 3.22. The number of nitrogens with zero attached hydrogens (tertiary/aromatic N) is 1. The van der Waals surface area contributed by atoms with Gasteiger partial charge in [-0.3, -0.25) is 0 Å². The molecular formula is C25H33NO5. The largest absolute Gasteiger partial charge is 0.497 e. The molecule has 1 heterocycles.